The van der Waals surface area contributed by atoms with Gasteiger partial charge < -0.3 is 10.4 Å². The molecule has 0 spiro atoms. The fraction of sp³-hybridized carbons (Fsp3) is 0.714. The van der Waals surface area contributed by atoms with Gasteiger partial charge >= 0.3 is 0 Å². The molecule has 1 aliphatic rings. The van der Waals surface area contributed by atoms with Gasteiger partial charge in [-0.3, -0.25) is 0 Å². The summed E-state index contributed by atoms with van der Waals surface area (Å²) in [6.45, 7) is 3.20. The van der Waals surface area contributed by atoms with Gasteiger partial charge in [0.15, 0.2) is 0 Å². The fourth-order valence-electron chi connectivity index (χ4n) is 2.20. The zero-order valence-electron chi connectivity index (χ0n) is 11.2. The van der Waals surface area contributed by atoms with Crippen molar-refractivity contribution in [2.24, 2.45) is 0 Å². The summed E-state index contributed by atoms with van der Waals surface area (Å²) in [7, 11) is 0. The lowest BCUT2D eigenvalue weighted by atomic mass is 9.83. The number of hydrogen-bond donors (Lipinski definition) is 2. The van der Waals surface area contributed by atoms with Crippen LogP contribution in [-0.2, 0) is 0 Å². The second kappa shape index (κ2) is 6.69. The summed E-state index contributed by atoms with van der Waals surface area (Å²) in [6, 6.07) is 2.11. The summed E-state index contributed by atoms with van der Waals surface area (Å²) < 4.78 is 0. The van der Waals surface area contributed by atoms with Crippen LogP contribution in [0.25, 0.3) is 0 Å². The van der Waals surface area contributed by atoms with Crippen LogP contribution in [0.2, 0.25) is 0 Å². The van der Waals surface area contributed by atoms with E-state index >= 15 is 0 Å². The van der Waals surface area contributed by atoms with E-state index in [0.717, 1.165) is 37.4 Å². The second-order valence-electron chi connectivity index (χ2n) is 5.10. The normalized spacial score (nSPS) is 15.4. The first-order valence-corrected chi connectivity index (χ1v) is 7.00. The number of anilines is 1. The summed E-state index contributed by atoms with van der Waals surface area (Å²) in [5, 5.41) is 12.0. The molecule has 1 fully saturated rings. The molecule has 0 radical (unpaired) electrons. The topological polar surface area (TPSA) is 58.0 Å². The van der Waals surface area contributed by atoms with Crippen molar-refractivity contribution in [2.45, 2.75) is 51.4 Å². The predicted octanol–water partition coefficient (Wildman–Crippen LogP) is 2.63. The van der Waals surface area contributed by atoms with Gasteiger partial charge in [-0.15, -0.1) is 0 Å². The molecule has 1 saturated carbocycles. The third kappa shape index (κ3) is 3.67. The number of aromatic nitrogens is 2. The molecule has 1 aliphatic carbocycles. The van der Waals surface area contributed by atoms with Crippen LogP contribution in [0.4, 0.5) is 5.95 Å². The number of nitrogens with zero attached hydrogens (tertiary/aromatic N) is 2. The number of hydrogen-bond acceptors (Lipinski definition) is 4. The zero-order chi connectivity index (χ0) is 12.8. The van der Waals surface area contributed by atoms with Crippen molar-refractivity contribution in [2.75, 3.05) is 18.5 Å². The molecule has 1 heterocycles. The highest BCUT2D eigenvalue weighted by Crippen LogP contribution is 2.35. The van der Waals surface area contributed by atoms with Crippen LogP contribution >= 0.6 is 0 Å². The minimum atomic E-state index is 0.284. The van der Waals surface area contributed by atoms with Crippen LogP contribution in [0.1, 0.15) is 55.8 Å². The van der Waals surface area contributed by atoms with Gasteiger partial charge in [0.2, 0.25) is 5.95 Å². The molecule has 4 heteroatoms. The van der Waals surface area contributed by atoms with Crippen LogP contribution in [0.15, 0.2) is 6.07 Å². The van der Waals surface area contributed by atoms with Gasteiger partial charge in [0.1, 0.15) is 0 Å². The second-order valence-corrected chi connectivity index (χ2v) is 5.10. The van der Waals surface area contributed by atoms with Gasteiger partial charge in [0.25, 0.3) is 0 Å². The molecule has 1 aromatic heterocycles. The van der Waals surface area contributed by atoms with E-state index in [1.807, 2.05) is 6.92 Å². The summed E-state index contributed by atoms with van der Waals surface area (Å²) in [5.74, 6) is 1.42. The van der Waals surface area contributed by atoms with Gasteiger partial charge in [-0.05, 0) is 45.1 Å². The molecule has 0 amide bonds. The zero-order valence-corrected chi connectivity index (χ0v) is 11.2. The minimum absolute atomic E-state index is 0.284. The fourth-order valence-corrected chi connectivity index (χ4v) is 2.20. The largest absolute Gasteiger partial charge is 0.396 e. The quantitative estimate of drug-likeness (QED) is 0.729. The Kier molecular flexibility index (Phi) is 4.93. The van der Waals surface area contributed by atoms with E-state index in [2.05, 4.69) is 21.4 Å². The maximum absolute atomic E-state index is 8.70. The third-order valence-electron chi connectivity index (χ3n) is 3.52. The van der Waals surface area contributed by atoms with Crippen molar-refractivity contribution in [1.29, 1.82) is 0 Å². The highest BCUT2D eigenvalue weighted by Gasteiger charge is 2.21. The predicted molar refractivity (Wildman–Crippen MR) is 72.8 cm³/mol. The number of unbranched alkanes of at least 4 members (excludes halogenated alkanes) is 2. The van der Waals surface area contributed by atoms with E-state index in [0.29, 0.717) is 5.92 Å². The number of rotatable bonds is 7. The highest BCUT2D eigenvalue weighted by atomic mass is 16.2. The minimum Gasteiger partial charge on any atom is -0.396 e. The SMILES string of the molecule is Cc1cc(C2CCC2)nc(NCCCCCO)n1. The summed E-state index contributed by atoms with van der Waals surface area (Å²) in [6.07, 6.45) is 6.85. The van der Waals surface area contributed by atoms with Crippen LogP contribution in [-0.4, -0.2) is 28.2 Å². The molecule has 0 aromatic carbocycles. The lowest BCUT2D eigenvalue weighted by Gasteiger charge is -2.25. The molecule has 2 rings (SSSR count). The maximum Gasteiger partial charge on any atom is 0.223 e. The smallest absolute Gasteiger partial charge is 0.223 e. The van der Waals surface area contributed by atoms with Crippen molar-refractivity contribution >= 4 is 5.95 Å². The lowest BCUT2D eigenvalue weighted by Crippen LogP contribution is -2.14. The number of aliphatic hydroxyl groups excluding tert-OH is 1. The molecule has 0 atom stereocenters. The molecule has 0 bridgehead atoms. The Morgan fingerprint density at radius 2 is 2.11 bits per heavy atom. The Morgan fingerprint density at radius 1 is 1.28 bits per heavy atom. The van der Waals surface area contributed by atoms with Crippen LogP contribution < -0.4 is 5.32 Å². The van der Waals surface area contributed by atoms with Gasteiger partial charge in [0, 0.05) is 30.5 Å². The van der Waals surface area contributed by atoms with Gasteiger partial charge in [-0.2, -0.15) is 0 Å². The molecule has 0 unspecified atom stereocenters. The highest BCUT2D eigenvalue weighted by molar-refractivity contribution is 5.29. The monoisotopic (exact) mass is 249 g/mol. The molecule has 2 N–H and O–H groups in total. The Morgan fingerprint density at radius 3 is 2.78 bits per heavy atom. The first kappa shape index (κ1) is 13.3. The first-order valence-electron chi connectivity index (χ1n) is 7.00. The molecular weight excluding hydrogens is 226 g/mol. The van der Waals surface area contributed by atoms with E-state index in [-0.39, 0.29) is 6.61 Å². The van der Waals surface area contributed by atoms with Crippen LogP contribution in [0.3, 0.4) is 0 Å². The number of nitrogens with one attached hydrogen (secondary N) is 1. The van der Waals surface area contributed by atoms with Gasteiger partial charge in [0.05, 0.1) is 0 Å². The maximum atomic E-state index is 8.70. The molecule has 0 aliphatic heterocycles. The average molecular weight is 249 g/mol. The number of aryl methyl sites for hydroxylation is 1. The van der Waals surface area contributed by atoms with Crippen molar-refractivity contribution < 1.29 is 5.11 Å². The van der Waals surface area contributed by atoms with E-state index in [1.54, 1.807) is 0 Å². The number of aliphatic hydroxyl groups is 1. The van der Waals surface area contributed by atoms with Gasteiger partial charge in [-0.25, -0.2) is 9.97 Å². The Bertz CT molecular complexity index is 377. The first-order chi connectivity index (χ1) is 8.79. The van der Waals surface area contributed by atoms with Crippen molar-refractivity contribution in [1.82, 2.24) is 9.97 Å². The average Bonchev–Trinajstić information content (AvgIpc) is 2.25. The van der Waals surface area contributed by atoms with Crippen molar-refractivity contribution in [3.63, 3.8) is 0 Å². The molecular formula is C14H23N3O. The Hall–Kier alpha value is -1.16. The Balaban J connectivity index is 1.85. The summed E-state index contributed by atoms with van der Waals surface area (Å²) >= 11 is 0. The molecule has 1 aromatic rings. The van der Waals surface area contributed by atoms with Crippen LogP contribution in [0.5, 0.6) is 0 Å². The molecule has 18 heavy (non-hydrogen) atoms. The van der Waals surface area contributed by atoms with E-state index in [1.165, 1.54) is 25.0 Å². The lowest BCUT2D eigenvalue weighted by molar-refractivity contribution is 0.283. The standard InChI is InChI=1S/C14H23N3O/c1-11-10-13(12-6-5-7-12)17-14(16-11)15-8-3-2-4-9-18/h10,12,18H,2-9H2,1H3,(H,15,16,17). The van der Waals surface area contributed by atoms with Crippen molar-refractivity contribution in [3.8, 4) is 0 Å². The summed E-state index contributed by atoms with van der Waals surface area (Å²) in [5.41, 5.74) is 2.25. The van der Waals surface area contributed by atoms with E-state index in [4.69, 9.17) is 5.11 Å². The van der Waals surface area contributed by atoms with Gasteiger partial charge in [-0.1, -0.05) is 6.42 Å². The Labute approximate surface area is 109 Å². The molecule has 4 nitrogen and oxygen atoms in total. The van der Waals surface area contributed by atoms with E-state index < -0.39 is 0 Å². The molecule has 100 valence electrons. The van der Waals surface area contributed by atoms with Crippen molar-refractivity contribution in [3.05, 3.63) is 17.5 Å². The molecule has 0 saturated heterocycles. The summed E-state index contributed by atoms with van der Waals surface area (Å²) in [4.78, 5) is 9.02. The van der Waals surface area contributed by atoms with E-state index in [9.17, 15) is 0 Å². The van der Waals surface area contributed by atoms with Crippen LogP contribution in [0, 0.1) is 6.92 Å². The third-order valence-corrected chi connectivity index (χ3v) is 3.52.